The van der Waals surface area contributed by atoms with Gasteiger partial charge in [-0.2, -0.15) is 0 Å². The minimum absolute atomic E-state index is 0.268. The van der Waals surface area contributed by atoms with Crippen molar-refractivity contribution in [3.63, 3.8) is 0 Å². The molecule has 2 N–H and O–H groups in total. The number of ether oxygens (including phenoxy) is 6. The zero-order valence-corrected chi connectivity index (χ0v) is 88.9. The van der Waals surface area contributed by atoms with Crippen LogP contribution >= 0.6 is 0 Å². The van der Waals surface area contributed by atoms with Gasteiger partial charge in [-0.3, -0.25) is 0 Å². The molecule has 0 spiro atoms. The van der Waals surface area contributed by atoms with E-state index < -0.39 is 118 Å². The lowest BCUT2D eigenvalue weighted by Gasteiger charge is -2.42. The van der Waals surface area contributed by atoms with Crippen LogP contribution in [-0.2, 0) is 90.1 Å². The fourth-order valence-electron chi connectivity index (χ4n) is 9.47. The van der Waals surface area contributed by atoms with Crippen molar-refractivity contribution >= 4 is 148 Å². The fraction of sp³-hybridized carbons (Fsp3) is 0.753. The molecule has 0 atom stereocenters. The molecule has 0 amide bonds. The third-order valence-corrected chi connectivity index (χ3v) is 52.8. The molecule has 0 saturated heterocycles. The van der Waals surface area contributed by atoms with Crippen LogP contribution in [0.3, 0.4) is 0 Å². The average Bonchev–Trinajstić information content (AvgIpc) is 0.804. The van der Waals surface area contributed by atoms with E-state index >= 15 is 0 Å². The van der Waals surface area contributed by atoms with E-state index in [-0.39, 0.29) is 36.5 Å². The lowest BCUT2D eigenvalue weighted by Crippen LogP contribution is -2.60. The number of hydrogen-bond acceptors (Lipinski definition) is 22. The van der Waals surface area contributed by atoms with Crippen molar-refractivity contribution in [3.8, 4) is 0 Å². The van der Waals surface area contributed by atoms with E-state index in [2.05, 4.69) is 171 Å². The predicted octanol–water partition coefficient (Wildman–Crippen LogP) is 18.3. The maximum atomic E-state index is 11.6. The molecule has 0 aliphatic rings. The van der Waals surface area contributed by atoms with Crippen molar-refractivity contribution in [2.75, 3.05) is 39.6 Å². The smallest absolute Gasteiger partial charge is 0.462 e. The Morgan fingerprint density at radius 3 is 0.713 bits per heavy atom. The number of carbonyl (C=O) groups is 6. The normalized spacial score (nSPS) is 12.7. The number of carbonyl (C=O) groups excluding carboxylic acids is 6. The molecule has 22 nitrogen and oxygen atoms in total. The van der Waals surface area contributed by atoms with Gasteiger partial charge in [-0.05, 0) is 248 Å². The average molecular weight is 1760 g/mol. The summed E-state index contributed by atoms with van der Waals surface area (Å²) in [6.45, 7) is 92.9. The summed E-state index contributed by atoms with van der Waals surface area (Å²) in [5.74, 6) is -2.07. The van der Waals surface area contributed by atoms with E-state index in [1.54, 1.807) is 41.5 Å². The lowest BCUT2D eigenvalue weighted by molar-refractivity contribution is -0.139. The standard InChI is InChI=1S/C18H34O5Si2.C17H38O4Si3.C16H38O5Si4.C9H22O5Si3.C9H18O3Si.2C2H6/c1-15(2)17(19)21-11-9-13-24(5,6)23-25(7,8)14-10-12-22-18(20)16(3)4;1-10-11-14-22(4,5)20-24(8,9)21-23(6,7)15-12-13-19-17(18)16(2)3;1-15(2)16(17)18-13-12-14-25(19-22(3,4)5,20-23(6,7)8)21-24(9,10)11;1-8(2)9(10)12-6-5-7-17(11,13-15-3)14-16-4;1-8(2)9(10)12-6-5-7-13(3,4)11;2*1-2/h1,3,9-14H2,2,4-8H3;2,10-15H2,1,3-9H3;1,12-14H2,2-11H3;11H,1,5-7,15-16H2,2-4H3;11H,1,5-7H2,2-4H3;2*1-2H3. The summed E-state index contributed by atoms with van der Waals surface area (Å²) in [6.07, 6.45) is 6.85. The molecule has 0 radical (unpaired) electrons. The van der Waals surface area contributed by atoms with Gasteiger partial charge in [0.1, 0.15) is 19.5 Å². The molecule has 0 aromatic rings. The summed E-state index contributed by atoms with van der Waals surface area (Å²) in [7, 11) is -23.9. The molecule has 638 valence electrons. The minimum atomic E-state index is -2.94. The van der Waals surface area contributed by atoms with Gasteiger partial charge < -0.3 is 70.9 Å². The summed E-state index contributed by atoms with van der Waals surface area (Å²) in [4.78, 5) is 87.2. The highest BCUT2D eigenvalue weighted by molar-refractivity contribution is 6.90. The molecule has 0 aliphatic carbocycles. The van der Waals surface area contributed by atoms with Gasteiger partial charge in [-0.15, -0.1) is 0 Å². The second-order valence-electron chi connectivity index (χ2n) is 32.7. The topological polar surface area (TPSA) is 272 Å². The Morgan fingerprint density at radius 1 is 0.306 bits per heavy atom. The van der Waals surface area contributed by atoms with Crippen LogP contribution < -0.4 is 0 Å². The van der Waals surface area contributed by atoms with Crippen LogP contribution in [0.5, 0.6) is 0 Å². The highest BCUT2D eigenvalue weighted by atomic mass is 28.5. The minimum Gasteiger partial charge on any atom is -0.462 e. The van der Waals surface area contributed by atoms with Crippen LogP contribution in [0.2, 0.25) is 193 Å². The molecule has 0 rings (SSSR count). The second-order valence-corrected chi connectivity index (χ2v) is 80.5. The Bertz CT molecular complexity index is 2540. The van der Waals surface area contributed by atoms with E-state index in [1.165, 1.54) is 18.9 Å². The van der Waals surface area contributed by atoms with E-state index in [9.17, 15) is 38.4 Å². The number of hydrogen-bond donors (Lipinski definition) is 2. The van der Waals surface area contributed by atoms with Crippen LogP contribution in [0, 0.1) is 0 Å². The van der Waals surface area contributed by atoms with Crippen LogP contribution in [0.4, 0.5) is 0 Å². The van der Waals surface area contributed by atoms with Gasteiger partial charge in [-0.25, -0.2) is 28.8 Å². The molecule has 108 heavy (non-hydrogen) atoms. The SMILES string of the molecule is C=C(C)C(=O)OCCC[Si](C)(C)O.C=C(C)C(=O)OCCC[Si](C)(C)O[Si](C)(C)CCCOC(=O)C(=C)C.C=C(C)C(=O)OCCC[Si](C)(C)O[Si](C)(C)O[Si](C)(C)CCCC.C=C(C)C(=O)OCCC[Si](O)(O[SiH2]C)O[SiH2]C.C=C(C)C(=O)OCCC[Si](O[Si](C)(C)C)(O[Si](C)(C)C)O[Si](C)(C)C.CC.CC. The Kier molecular flexibility index (Phi) is 66.3. The van der Waals surface area contributed by atoms with E-state index in [1.807, 2.05) is 53.9 Å². The highest BCUT2D eigenvalue weighted by Gasteiger charge is 2.50. The summed E-state index contributed by atoms with van der Waals surface area (Å²) in [5, 5.41) is 0. The van der Waals surface area contributed by atoms with Crippen molar-refractivity contribution in [2.24, 2.45) is 0 Å². The molecule has 0 aromatic heterocycles. The third kappa shape index (κ3) is 77.6. The molecular formula is C73H162O22Si13. The summed E-state index contributed by atoms with van der Waals surface area (Å²) >= 11 is 0. The molecule has 0 saturated carbocycles. The summed E-state index contributed by atoms with van der Waals surface area (Å²) in [6, 6.07) is 5.94. The maximum Gasteiger partial charge on any atom is 0.476 e. The molecule has 0 heterocycles. The van der Waals surface area contributed by atoms with Gasteiger partial charge in [0.25, 0.3) is 0 Å². The maximum absolute atomic E-state index is 11.6. The first kappa shape index (κ1) is 119. The van der Waals surface area contributed by atoms with Crippen molar-refractivity contribution in [1.29, 1.82) is 0 Å². The molecule has 0 aromatic carbocycles. The first-order valence-electron chi connectivity index (χ1n) is 38.8. The van der Waals surface area contributed by atoms with Crippen LogP contribution in [-0.4, -0.2) is 197 Å². The third-order valence-electron chi connectivity index (χ3n) is 13.3. The quantitative estimate of drug-likeness (QED) is 0.0188. The van der Waals surface area contributed by atoms with Crippen molar-refractivity contribution in [3.05, 3.63) is 72.9 Å². The number of rotatable bonds is 49. The zero-order valence-electron chi connectivity index (χ0n) is 75.1. The first-order chi connectivity index (χ1) is 48.9. The molecule has 0 aliphatic heterocycles. The number of esters is 6. The van der Waals surface area contributed by atoms with Gasteiger partial charge in [0.05, 0.1) is 39.6 Å². The summed E-state index contributed by atoms with van der Waals surface area (Å²) in [5.41, 5.74) is 2.51. The monoisotopic (exact) mass is 1750 g/mol. The highest BCUT2D eigenvalue weighted by Crippen LogP contribution is 2.31. The largest absolute Gasteiger partial charge is 0.476 e. The van der Waals surface area contributed by atoms with Crippen LogP contribution in [0.1, 0.15) is 128 Å². The lowest BCUT2D eigenvalue weighted by atomic mass is 10.4. The van der Waals surface area contributed by atoms with E-state index in [4.69, 9.17) is 61.3 Å². The van der Waals surface area contributed by atoms with Gasteiger partial charge in [0, 0.05) is 45.5 Å². The van der Waals surface area contributed by atoms with Crippen molar-refractivity contribution in [1.82, 2.24) is 0 Å². The van der Waals surface area contributed by atoms with E-state index in [0.717, 1.165) is 49.9 Å². The Labute approximate surface area is 676 Å². The zero-order chi connectivity index (χ0) is 86.6. The first-order valence-corrected chi connectivity index (χ1v) is 75.3. The summed E-state index contributed by atoms with van der Waals surface area (Å²) < 4.78 is 80.6. The van der Waals surface area contributed by atoms with Crippen LogP contribution in [0.25, 0.3) is 0 Å². The predicted molar refractivity (Wildman–Crippen MR) is 482 cm³/mol. The molecule has 0 bridgehead atoms. The molecule has 0 unspecified atom stereocenters. The van der Waals surface area contributed by atoms with Gasteiger partial charge in [0.15, 0.2) is 66.5 Å². The number of unbranched alkanes of at least 4 members (excludes halogenated alkanes) is 1. The van der Waals surface area contributed by atoms with Gasteiger partial charge >= 0.3 is 62.0 Å². The van der Waals surface area contributed by atoms with E-state index in [0.29, 0.717) is 91.4 Å². The fourth-order valence-corrected chi connectivity index (χ4v) is 54.5. The molecule has 35 heteroatoms. The van der Waals surface area contributed by atoms with Crippen molar-refractivity contribution < 1.29 is 99.7 Å². The van der Waals surface area contributed by atoms with Gasteiger partial charge in [0.2, 0.25) is 0 Å². The molecule has 0 fully saturated rings. The Hall–Kier alpha value is -2.32. The Morgan fingerprint density at radius 2 is 0.509 bits per heavy atom. The van der Waals surface area contributed by atoms with Crippen LogP contribution in [0.15, 0.2) is 72.9 Å². The van der Waals surface area contributed by atoms with Crippen molar-refractivity contribution in [2.45, 2.75) is 320 Å². The molecular weight excluding hydrogens is 1590 g/mol. The second kappa shape index (κ2) is 60.2. The van der Waals surface area contributed by atoms with Gasteiger partial charge in [-0.1, -0.05) is 100 Å². The Balaban J connectivity index is -0.000000237.